The molecule has 4 nitrogen and oxygen atoms in total. The molecule has 1 aliphatic heterocycles. The van der Waals surface area contributed by atoms with E-state index in [1.807, 2.05) is 6.20 Å². The number of nitrogens with one attached hydrogen (secondary N) is 1. The second-order valence-corrected chi connectivity index (χ2v) is 14.9. The number of hydrogen-bond acceptors (Lipinski definition) is 3. The number of benzene rings is 8. The summed E-state index contributed by atoms with van der Waals surface area (Å²) in [6.45, 7) is 0. The van der Waals surface area contributed by atoms with Gasteiger partial charge in [-0.2, -0.15) is 0 Å². The molecule has 4 heteroatoms. The summed E-state index contributed by atoms with van der Waals surface area (Å²) in [5, 5.41) is 6.46. The highest BCUT2D eigenvalue weighted by molar-refractivity contribution is 6.09. The molecule has 11 rings (SSSR count). The molecule has 8 aromatic carbocycles. The number of aromatic nitrogens is 2. The lowest BCUT2D eigenvalue weighted by atomic mass is 9.93. The van der Waals surface area contributed by atoms with Gasteiger partial charge in [-0.25, -0.2) is 4.98 Å². The van der Waals surface area contributed by atoms with Gasteiger partial charge in [0.1, 0.15) is 6.17 Å². The summed E-state index contributed by atoms with van der Waals surface area (Å²) in [5.41, 5.74) is 16.1. The molecule has 0 spiro atoms. The summed E-state index contributed by atoms with van der Waals surface area (Å²) < 4.78 is 2.38. The van der Waals surface area contributed by atoms with Crippen LogP contribution in [0, 0.1) is 0 Å². The first-order chi connectivity index (χ1) is 28.8. The molecule has 0 aliphatic carbocycles. The molecule has 58 heavy (non-hydrogen) atoms. The summed E-state index contributed by atoms with van der Waals surface area (Å²) in [7, 11) is 0. The fraction of sp³-hybridized carbons (Fsp3) is 0.0185. The predicted molar refractivity (Wildman–Crippen MR) is 242 cm³/mol. The van der Waals surface area contributed by atoms with Gasteiger partial charge in [0, 0.05) is 33.9 Å². The van der Waals surface area contributed by atoms with Crippen molar-refractivity contribution < 1.29 is 0 Å². The third-order valence-corrected chi connectivity index (χ3v) is 11.4. The zero-order valence-corrected chi connectivity index (χ0v) is 31.7. The summed E-state index contributed by atoms with van der Waals surface area (Å²) in [6, 6.07) is 76.1. The van der Waals surface area contributed by atoms with Crippen LogP contribution in [0.25, 0.3) is 72.0 Å². The Kier molecular flexibility index (Phi) is 8.18. The van der Waals surface area contributed by atoms with E-state index in [-0.39, 0.29) is 6.17 Å². The van der Waals surface area contributed by atoms with Crippen LogP contribution in [0.1, 0.15) is 11.7 Å². The molecule has 0 saturated carbocycles. The van der Waals surface area contributed by atoms with Crippen LogP contribution in [0.15, 0.2) is 219 Å². The maximum Gasteiger partial charge on any atom is 0.159 e. The van der Waals surface area contributed by atoms with Gasteiger partial charge in [0.25, 0.3) is 0 Å². The predicted octanol–water partition coefficient (Wildman–Crippen LogP) is 14.1. The van der Waals surface area contributed by atoms with Gasteiger partial charge in [-0.3, -0.25) is 4.90 Å². The van der Waals surface area contributed by atoms with Crippen molar-refractivity contribution in [2.24, 2.45) is 0 Å². The van der Waals surface area contributed by atoms with Gasteiger partial charge in [0.2, 0.25) is 0 Å². The number of rotatable bonds is 7. The molecule has 10 aromatic rings. The molecule has 3 heterocycles. The molecule has 1 N–H and O–H groups in total. The number of pyridine rings is 1. The topological polar surface area (TPSA) is 33.1 Å². The van der Waals surface area contributed by atoms with Gasteiger partial charge in [0.05, 0.1) is 16.7 Å². The number of hydrogen-bond donors (Lipinski definition) is 1. The van der Waals surface area contributed by atoms with E-state index in [0.29, 0.717) is 0 Å². The highest BCUT2D eigenvalue weighted by atomic mass is 15.4. The van der Waals surface area contributed by atoms with Gasteiger partial charge in [-0.1, -0.05) is 152 Å². The van der Waals surface area contributed by atoms with E-state index in [0.717, 1.165) is 39.6 Å². The van der Waals surface area contributed by atoms with Crippen LogP contribution < -0.4 is 10.2 Å². The summed E-state index contributed by atoms with van der Waals surface area (Å²) in [5.74, 6) is 0.906. The fourth-order valence-corrected chi connectivity index (χ4v) is 8.69. The smallest absolute Gasteiger partial charge is 0.159 e. The van der Waals surface area contributed by atoms with Crippen molar-refractivity contribution in [3.05, 3.63) is 224 Å². The molecule has 0 bridgehead atoms. The Morgan fingerprint density at radius 1 is 0.397 bits per heavy atom. The Morgan fingerprint density at radius 3 is 1.50 bits per heavy atom. The lowest BCUT2D eigenvalue weighted by Gasteiger charge is -2.26. The van der Waals surface area contributed by atoms with E-state index in [4.69, 9.17) is 4.98 Å². The lowest BCUT2D eigenvalue weighted by Crippen LogP contribution is -2.23. The normalized spacial score (nSPS) is 13.4. The van der Waals surface area contributed by atoms with Crippen LogP contribution in [-0.4, -0.2) is 9.55 Å². The summed E-state index contributed by atoms with van der Waals surface area (Å²) >= 11 is 0. The number of para-hydroxylation sites is 3. The van der Waals surface area contributed by atoms with Crippen molar-refractivity contribution in [1.82, 2.24) is 9.55 Å². The maximum atomic E-state index is 5.03. The molecule has 1 atom stereocenters. The van der Waals surface area contributed by atoms with E-state index in [2.05, 4.69) is 227 Å². The Labute approximate surface area is 338 Å². The second kappa shape index (κ2) is 14.1. The second-order valence-electron chi connectivity index (χ2n) is 14.9. The number of nitrogens with zero attached hydrogens (tertiary/aromatic N) is 3. The molecule has 1 aliphatic rings. The molecule has 1 unspecified atom stereocenters. The molecule has 0 radical (unpaired) electrons. The average Bonchev–Trinajstić information content (AvgIpc) is 3.87. The van der Waals surface area contributed by atoms with Crippen LogP contribution in [0.2, 0.25) is 0 Å². The minimum Gasteiger partial charge on any atom is -0.358 e. The quantitative estimate of drug-likeness (QED) is 0.176. The standard InChI is InChI=1S/C54H38N4/c1-4-15-37(16-5-1)42-33-43(38-17-6-2-7-18-38)35-44(34-42)39-27-29-40(30-28-39)53-56-52-47(31-32-55-54(52)58(53)45-20-8-3-9-21-45)41-19-14-22-46(36-41)57-50-25-12-10-23-48(50)49-24-11-13-26-51(49)57/h1-36,53,56H. The van der Waals surface area contributed by atoms with E-state index >= 15 is 0 Å². The third-order valence-electron chi connectivity index (χ3n) is 11.4. The van der Waals surface area contributed by atoms with Crippen LogP contribution in [0.3, 0.4) is 0 Å². The molecule has 274 valence electrons. The highest BCUT2D eigenvalue weighted by Gasteiger charge is 2.34. The van der Waals surface area contributed by atoms with E-state index in [1.165, 1.54) is 55.2 Å². The number of fused-ring (bicyclic) bond motifs is 4. The Bertz CT molecular complexity index is 2970. The van der Waals surface area contributed by atoms with Crippen molar-refractivity contribution in [1.29, 1.82) is 0 Å². The Balaban J connectivity index is 0.989. The van der Waals surface area contributed by atoms with E-state index in [9.17, 15) is 0 Å². The van der Waals surface area contributed by atoms with E-state index < -0.39 is 0 Å². The molecular weight excluding hydrogens is 705 g/mol. The number of anilines is 3. The minimum absolute atomic E-state index is 0.170. The summed E-state index contributed by atoms with van der Waals surface area (Å²) in [6.07, 6.45) is 1.77. The molecular formula is C54H38N4. The van der Waals surface area contributed by atoms with Crippen molar-refractivity contribution in [3.63, 3.8) is 0 Å². The van der Waals surface area contributed by atoms with E-state index in [1.54, 1.807) is 0 Å². The zero-order valence-electron chi connectivity index (χ0n) is 31.7. The van der Waals surface area contributed by atoms with Gasteiger partial charge < -0.3 is 9.88 Å². The van der Waals surface area contributed by atoms with Crippen molar-refractivity contribution in [2.45, 2.75) is 6.17 Å². The third kappa shape index (κ3) is 5.82. The Morgan fingerprint density at radius 2 is 0.897 bits per heavy atom. The van der Waals surface area contributed by atoms with Crippen LogP contribution in [-0.2, 0) is 0 Å². The molecule has 0 saturated heterocycles. The van der Waals surface area contributed by atoms with Crippen LogP contribution in [0.5, 0.6) is 0 Å². The highest BCUT2D eigenvalue weighted by Crippen LogP contribution is 2.49. The van der Waals surface area contributed by atoms with Crippen molar-refractivity contribution >= 4 is 39.0 Å². The van der Waals surface area contributed by atoms with Gasteiger partial charge in [-0.05, 0) is 105 Å². The lowest BCUT2D eigenvalue weighted by molar-refractivity contribution is 0.820. The van der Waals surface area contributed by atoms with Crippen molar-refractivity contribution in [2.75, 3.05) is 10.2 Å². The molecule has 0 fully saturated rings. The van der Waals surface area contributed by atoms with Gasteiger partial charge >= 0.3 is 0 Å². The zero-order chi connectivity index (χ0) is 38.4. The first-order valence-electron chi connectivity index (χ1n) is 19.8. The minimum atomic E-state index is -0.170. The van der Waals surface area contributed by atoms with Gasteiger partial charge in [0.15, 0.2) is 5.82 Å². The SMILES string of the molecule is c1ccc(-c2cc(-c3ccccc3)cc(-c3ccc(C4Nc5c(-c6cccc(-n7c8ccccc8c8ccccc87)c6)ccnc5N4c4ccccc4)cc3)c2)cc1. The maximum absolute atomic E-state index is 5.03. The average molecular weight is 743 g/mol. The Hall–Kier alpha value is -7.69. The van der Waals surface area contributed by atoms with Crippen molar-refractivity contribution in [3.8, 4) is 50.2 Å². The molecule has 0 amide bonds. The fourth-order valence-electron chi connectivity index (χ4n) is 8.69. The van der Waals surface area contributed by atoms with Crippen LogP contribution >= 0.6 is 0 Å². The monoisotopic (exact) mass is 742 g/mol. The molecule has 2 aromatic heterocycles. The van der Waals surface area contributed by atoms with Gasteiger partial charge in [-0.15, -0.1) is 0 Å². The van der Waals surface area contributed by atoms with Crippen LogP contribution in [0.4, 0.5) is 17.2 Å². The first kappa shape index (κ1) is 33.6. The summed E-state index contributed by atoms with van der Waals surface area (Å²) in [4.78, 5) is 7.36. The first-order valence-corrected chi connectivity index (χ1v) is 19.8. The largest absolute Gasteiger partial charge is 0.358 e.